The van der Waals surface area contributed by atoms with Gasteiger partial charge in [0.1, 0.15) is 13.2 Å². The number of rotatable bonds is 47. The number of hydrogen-bond acceptors (Lipinski definition) is 8. The number of esters is 2. The lowest BCUT2D eigenvalue weighted by molar-refractivity contribution is -0.870. The summed E-state index contributed by atoms with van der Waals surface area (Å²) in [6.07, 6.45) is 61.8. The Balaban J connectivity index is 4.42. The molecule has 0 aromatic rings. The Bertz CT molecular complexity index is 1420. The molecule has 9 nitrogen and oxygen atoms in total. The zero-order chi connectivity index (χ0) is 49.2. The number of hydrogen-bond donors (Lipinski definition) is 0. The summed E-state index contributed by atoms with van der Waals surface area (Å²) in [6, 6.07) is 0. The molecule has 382 valence electrons. The van der Waals surface area contributed by atoms with Gasteiger partial charge in [0.15, 0.2) is 12.4 Å². The number of ether oxygens (including phenoxy) is 4. The maximum atomic E-state index is 12.8. The van der Waals surface area contributed by atoms with Crippen LogP contribution in [0.4, 0.5) is 0 Å². The van der Waals surface area contributed by atoms with Crippen LogP contribution in [-0.4, -0.2) is 82.3 Å². The summed E-state index contributed by atoms with van der Waals surface area (Å²) in [6.45, 7) is 4.52. The summed E-state index contributed by atoms with van der Waals surface area (Å²) >= 11 is 0. The van der Waals surface area contributed by atoms with Gasteiger partial charge in [-0.15, -0.1) is 0 Å². The quantitative estimate of drug-likeness (QED) is 0.0195. The molecule has 0 spiro atoms. The maximum absolute atomic E-state index is 12.8. The molecule has 0 radical (unpaired) electrons. The van der Waals surface area contributed by atoms with Gasteiger partial charge >= 0.3 is 11.9 Å². The number of nitrogens with zero attached hydrogens (tertiary/aromatic N) is 1. The van der Waals surface area contributed by atoms with Crippen molar-refractivity contribution >= 4 is 17.9 Å². The number of carbonyl (C=O) groups is 3. The number of aliphatic carboxylic acids is 1. The van der Waals surface area contributed by atoms with Crippen LogP contribution in [0.15, 0.2) is 97.2 Å². The molecule has 0 aliphatic heterocycles. The highest BCUT2D eigenvalue weighted by molar-refractivity contribution is 5.70. The first-order valence-electron chi connectivity index (χ1n) is 26.4. The van der Waals surface area contributed by atoms with Crippen LogP contribution in [-0.2, 0) is 33.3 Å². The highest BCUT2D eigenvalue weighted by Gasteiger charge is 2.21. The van der Waals surface area contributed by atoms with Crippen molar-refractivity contribution in [3.05, 3.63) is 97.2 Å². The van der Waals surface area contributed by atoms with E-state index in [1.165, 1.54) is 89.9 Å². The molecule has 0 heterocycles. The molecule has 0 bridgehead atoms. The fourth-order valence-corrected chi connectivity index (χ4v) is 6.77. The van der Waals surface area contributed by atoms with E-state index in [1.54, 1.807) is 0 Å². The summed E-state index contributed by atoms with van der Waals surface area (Å²) in [5, 5.41) is 11.7. The fraction of sp³-hybridized carbons (Fsp3) is 0.672. The zero-order valence-corrected chi connectivity index (χ0v) is 43.2. The second-order valence-electron chi connectivity index (χ2n) is 18.4. The Morgan fingerprint density at radius 1 is 0.463 bits per heavy atom. The minimum absolute atomic E-state index is 0.117. The molecule has 0 rings (SSSR count). The predicted octanol–water partition coefficient (Wildman–Crippen LogP) is 13.7. The molecule has 0 saturated carbocycles. The summed E-state index contributed by atoms with van der Waals surface area (Å²) in [5.74, 6) is -2.41. The van der Waals surface area contributed by atoms with Gasteiger partial charge in [-0.1, -0.05) is 195 Å². The normalized spacial score (nSPS) is 13.6. The molecule has 2 atom stereocenters. The molecule has 0 aromatic carbocycles. The van der Waals surface area contributed by atoms with E-state index in [0.717, 1.165) is 70.6 Å². The Labute approximate surface area is 410 Å². The Hall–Kier alpha value is -3.79. The summed E-state index contributed by atoms with van der Waals surface area (Å²) < 4.78 is 22.5. The smallest absolute Gasteiger partial charge is 0.306 e. The fourth-order valence-electron chi connectivity index (χ4n) is 6.77. The first-order chi connectivity index (χ1) is 32.6. The minimum Gasteiger partial charge on any atom is -0.545 e. The van der Waals surface area contributed by atoms with Crippen LogP contribution >= 0.6 is 0 Å². The average molecular weight is 936 g/mol. The first-order valence-corrected chi connectivity index (χ1v) is 26.4. The monoisotopic (exact) mass is 936 g/mol. The van der Waals surface area contributed by atoms with Gasteiger partial charge in [-0.05, 0) is 83.5 Å². The van der Waals surface area contributed by atoms with Gasteiger partial charge in [0.2, 0.25) is 0 Å². The zero-order valence-electron chi connectivity index (χ0n) is 43.2. The summed E-state index contributed by atoms with van der Waals surface area (Å²) in [5.41, 5.74) is 0. The lowest BCUT2D eigenvalue weighted by Crippen LogP contribution is -2.44. The molecular formula is C58H97NO8. The van der Waals surface area contributed by atoms with Crippen LogP contribution in [0.25, 0.3) is 0 Å². The van der Waals surface area contributed by atoms with Crippen molar-refractivity contribution in [3.8, 4) is 0 Å². The van der Waals surface area contributed by atoms with Crippen molar-refractivity contribution in [2.24, 2.45) is 0 Å². The van der Waals surface area contributed by atoms with Crippen LogP contribution in [0.2, 0.25) is 0 Å². The van der Waals surface area contributed by atoms with Crippen molar-refractivity contribution in [3.63, 3.8) is 0 Å². The third-order valence-electron chi connectivity index (χ3n) is 10.8. The van der Waals surface area contributed by atoms with E-state index in [1.807, 2.05) is 33.3 Å². The van der Waals surface area contributed by atoms with Gasteiger partial charge in [0.25, 0.3) is 0 Å². The van der Waals surface area contributed by atoms with Crippen LogP contribution < -0.4 is 5.11 Å². The number of allylic oxidation sites excluding steroid dienone is 16. The molecule has 0 amide bonds. The van der Waals surface area contributed by atoms with Gasteiger partial charge in [-0.3, -0.25) is 9.59 Å². The topological polar surface area (TPSA) is 111 Å². The Kier molecular flexibility index (Phi) is 45.9. The van der Waals surface area contributed by atoms with Gasteiger partial charge in [-0.2, -0.15) is 0 Å². The largest absolute Gasteiger partial charge is 0.545 e. The SMILES string of the molecule is CC/C=C\C/C=C\C/C=C\C/C=C\C/C=C\C/C=C\CCC(=O)OC(COC(=O)CCCCCCCCCCCCC/C=C\C/C=C\CCCCCCC)COC(OCC[N+](C)(C)C)C(=O)[O-]. The number of quaternary nitrogens is 1. The number of carbonyl (C=O) groups excluding carboxylic acids is 3. The number of carboxylic acids is 1. The first kappa shape index (κ1) is 63.2. The lowest BCUT2D eigenvalue weighted by Gasteiger charge is -2.26. The third kappa shape index (κ3) is 49.9. The summed E-state index contributed by atoms with van der Waals surface area (Å²) in [4.78, 5) is 37.1. The molecule has 0 fully saturated rings. The number of carboxylic acid groups (broad SMARTS) is 1. The van der Waals surface area contributed by atoms with Gasteiger partial charge < -0.3 is 33.3 Å². The van der Waals surface area contributed by atoms with E-state index in [9.17, 15) is 19.5 Å². The average Bonchev–Trinajstić information content (AvgIpc) is 3.29. The second-order valence-corrected chi connectivity index (χ2v) is 18.4. The molecule has 0 aliphatic rings. The van der Waals surface area contributed by atoms with Gasteiger partial charge in [0, 0.05) is 12.8 Å². The number of likely N-dealkylation sites (N-methyl/N-ethyl adjacent to an activating group) is 1. The van der Waals surface area contributed by atoms with Crippen molar-refractivity contribution in [1.82, 2.24) is 0 Å². The van der Waals surface area contributed by atoms with Crippen LogP contribution in [0, 0.1) is 0 Å². The molecule has 67 heavy (non-hydrogen) atoms. The van der Waals surface area contributed by atoms with Crippen molar-refractivity contribution < 1.29 is 42.9 Å². The maximum Gasteiger partial charge on any atom is 0.306 e. The third-order valence-corrected chi connectivity index (χ3v) is 10.8. The van der Waals surface area contributed by atoms with Crippen molar-refractivity contribution in [2.75, 3.05) is 47.5 Å². The lowest BCUT2D eigenvalue weighted by atomic mass is 10.0. The predicted molar refractivity (Wildman–Crippen MR) is 278 cm³/mol. The van der Waals surface area contributed by atoms with Crippen molar-refractivity contribution in [1.29, 1.82) is 0 Å². The van der Waals surface area contributed by atoms with E-state index in [2.05, 4.69) is 98.9 Å². The summed E-state index contributed by atoms with van der Waals surface area (Å²) in [7, 11) is 5.88. The van der Waals surface area contributed by atoms with E-state index in [0.29, 0.717) is 17.4 Å². The van der Waals surface area contributed by atoms with Crippen LogP contribution in [0.1, 0.15) is 194 Å². The molecule has 2 unspecified atom stereocenters. The Morgan fingerprint density at radius 2 is 0.881 bits per heavy atom. The van der Waals surface area contributed by atoms with E-state index >= 15 is 0 Å². The highest BCUT2D eigenvalue weighted by Crippen LogP contribution is 2.14. The van der Waals surface area contributed by atoms with Gasteiger partial charge in [0.05, 0.1) is 40.3 Å². The van der Waals surface area contributed by atoms with E-state index in [4.69, 9.17) is 18.9 Å². The molecule has 9 heteroatoms. The number of unbranched alkanes of at least 4 members (excludes halogenated alkanes) is 16. The molecular weight excluding hydrogens is 839 g/mol. The molecule has 0 saturated heterocycles. The van der Waals surface area contributed by atoms with Crippen LogP contribution in [0.3, 0.4) is 0 Å². The second kappa shape index (κ2) is 48.7. The molecule has 0 N–H and O–H groups in total. The minimum atomic E-state index is -1.65. The molecule has 0 aliphatic carbocycles. The van der Waals surface area contributed by atoms with Gasteiger partial charge in [-0.25, -0.2) is 0 Å². The van der Waals surface area contributed by atoms with E-state index in [-0.39, 0.29) is 38.6 Å². The standard InChI is InChI=1S/C58H97NO8/c1-6-8-10-12-14-16-18-20-22-24-26-27-28-29-31-32-34-36-38-40-42-44-46-48-55(60)65-52-54(53-66-58(57(62)63)64-51-50-59(3,4)5)67-56(61)49-47-45-43-41-39-37-35-33-30-25-23-21-19-17-15-13-11-9-7-2/h9,11,15,17-18,20-21,23-24,26,30,33,37,39,43,45,54,58H,6-8,10,12-14,16,19,22,25,27-29,31-32,34-36,38,40-42,44,46-53H2,1-5H3/b11-9-,17-15-,20-18-,23-21-,26-24-,33-30-,39-37-,45-43-. The van der Waals surface area contributed by atoms with Crippen LogP contribution in [0.5, 0.6) is 0 Å². The van der Waals surface area contributed by atoms with Crippen molar-refractivity contribution in [2.45, 2.75) is 206 Å². The molecule has 0 aromatic heterocycles. The Morgan fingerprint density at radius 3 is 1.33 bits per heavy atom. The van der Waals surface area contributed by atoms with E-state index < -0.39 is 24.3 Å². The highest BCUT2D eigenvalue weighted by atomic mass is 16.7.